The fraction of sp³-hybridized carbons (Fsp3) is 0.818. The van der Waals surface area contributed by atoms with E-state index in [0.717, 1.165) is 11.8 Å². The Balaban J connectivity index is 2.40. The average molecular weight is 152 g/mol. The maximum Gasteiger partial charge on any atom is -0.0317 e. The quantitative estimate of drug-likeness (QED) is 0.528. The predicted octanol–water partition coefficient (Wildman–Crippen LogP) is 3.78. The molecule has 2 atom stereocenters. The Kier molecular flexibility index (Phi) is 3.16. The highest BCUT2D eigenvalue weighted by atomic mass is 14.2. The molecule has 0 saturated carbocycles. The lowest BCUT2D eigenvalue weighted by Crippen LogP contribution is -2.13. The predicted molar refractivity (Wildman–Crippen MR) is 50.6 cm³/mol. The molecule has 1 aliphatic rings. The molecule has 1 rings (SSSR count). The molecule has 0 bridgehead atoms. The molecule has 64 valence electrons. The lowest BCUT2D eigenvalue weighted by molar-refractivity contribution is 0.319. The number of rotatable bonds is 2. The van der Waals surface area contributed by atoms with Crippen LogP contribution in [0.15, 0.2) is 11.6 Å². The molecule has 0 aromatic heterocycles. The molecule has 11 heavy (non-hydrogen) atoms. The van der Waals surface area contributed by atoms with Gasteiger partial charge in [-0.15, -0.1) is 0 Å². The molecule has 0 aromatic carbocycles. The Bertz CT molecular complexity index is 144. The molecule has 0 saturated heterocycles. The fourth-order valence-corrected chi connectivity index (χ4v) is 1.84. The van der Waals surface area contributed by atoms with Gasteiger partial charge in [0.15, 0.2) is 0 Å². The Morgan fingerprint density at radius 1 is 1.64 bits per heavy atom. The third-order valence-electron chi connectivity index (χ3n) is 3.13. The van der Waals surface area contributed by atoms with E-state index in [2.05, 4.69) is 26.8 Å². The second-order valence-corrected chi connectivity index (χ2v) is 3.97. The zero-order chi connectivity index (χ0) is 8.27. The molecule has 0 heteroatoms. The summed E-state index contributed by atoms with van der Waals surface area (Å²) in [5.41, 5.74) is 1.60. The summed E-state index contributed by atoms with van der Waals surface area (Å²) in [5.74, 6) is 1.91. The Morgan fingerprint density at radius 3 is 2.82 bits per heavy atom. The van der Waals surface area contributed by atoms with Crippen LogP contribution >= 0.6 is 0 Å². The van der Waals surface area contributed by atoms with E-state index in [9.17, 15) is 0 Å². The number of hydrogen-bond donors (Lipinski definition) is 0. The summed E-state index contributed by atoms with van der Waals surface area (Å²) in [6.45, 7) is 6.95. The van der Waals surface area contributed by atoms with Gasteiger partial charge in [0, 0.05) is 0 Å². The van der Waals surface area contributed by atoms with Crippen LogP contribution in [0.1, 0.15) is 46.5 Å². The second-order valence-electron chi connectivity index (χ2n) is 3.97. The van der Waals surface area contributed by atoms with Crippen LogP contribution < -0.4 is 0 Å². The highest BCUT2D eigenvalue weighted by Crippen LogP contribution is 2.30. The topological polar surface area (TPSA) is 0 Å². The van der Waals surface area contributed by atoms with Crippen molar-refractivity contribution in [2.45, 2.75) is 46.5 Å². The summed E-state index contributed by atoms with van der Waals surface area (Å²) < 4.78 is 0. The molecular formula is C11H20. The van der Waals surface area contributed by atoms with Crippen LogP contribution in [0.25, 0.3) is 0 Å². The van der Waals surface area contributed by atoms with Crippen LogP contribution in [0.3, 0.4) is 0 Å². The monoisotopic (exact) mass is 152 g/mol. The van der Waals surface area contributed by atoms with Gasteiger partial charge < -0.3 is 0 Å². The summed E-state index contributed by atoms with van der Waals surface area (Å²) >= 11 is 0. The van der Waals surface area contributed by atoms with Gasteiger partial charge in [0.05, 0.1) is 0 Å². The molecule has 0 amide bonds. The van der Waals surface area contributed by atoms with E-state index in [-0.39, 0.29) is 0 Å². The zero-order valence-corrected chi connectivity index (χ0v) is 8.06. The van der Waals surface area contributed by atoms with Gasteiger partial charge in [0.25, 0.3) is 0 Å². The van der Waals surface area contributed by atoms with Gasteiger partial charge in [0.2, 0.25) is 0 Å². The van der Waals surface area contributed by atoms with Crippen molar-refractivity contribution >= 4 is 0 Å². The van der Waals surface area contributed by atoms with E-state index in [0.29, 0.717) is 0 Å². The van der Waals surface area contributed by atoms with Crippen molar-refractivity contribution in [1.82, 2.24) is 0 Å². The van der Waals surface area contributed by atoms with Crippen molar-refractivity contribution in [1.29, 1.82) is 0 Å². The number of allylic oxidation sites excluding steroid dienone is 2. The van der Waals surface area contributed by atoms with Crippen LogP contribution in [-0.2, 0) is 0 Å². The summed E-state index contributed by atoms with van der Waals surface area (Å²) in [6, 6.07) is 0. The van der Waals surface area contributed by atoms with Gasteiger partial charge in [-0.2, -0.15) is 0 Å². The molecule has 0 unspecified atom stereocenters. The molecule has 0 radical (unpaired) electrons. The van der Waals surface area contributed by atoms with Gasteiger partial charge in [-0.25, -0.2) is 0 Å². The zero-order valence-electron chi connectivity index (χ0n) is 8.06. The van der Waals surface area contributed by atoms with Crippen LogP contribution in [0.2, 0.25) is 0 Å². The Morgan fingerprint density at radius 2 is 2.36 bits per heavy atom. The van der Waals surface area contributed by atoms with Crippen LogP contribution in [0, 0.1) is 11.8 Å². The minimum absolute atomic E-state index is 0.930. The fourth-order valence-electron chi connectivity index (χ4n) is 1.84. The van der Waals surface area contributed by atoms with E-state index in [4.69, 9.17) is 0 Å². The smallest absolute Gasteiger partial charge is 0.0317 e. The van der Waals surface area contributed by atoms with Crippen molar-refractivity contribution in [2.24, 2.45) is 11.8 Å². The first-order valence-corrected chi connectivity index (χ1v) is 4.89. The van der Waals surface area contributed by atoms with Gasteiger partial charge in [-0.3, -0.25) is 0 Å². The van der Waals surface area contributed by atoms with E-state index >= 15 is 0 Å². The van der Waals surface area contributed by atoms with Crippen molar-refractivity contribution in [3.8, 4) is 0 Å². The Labute approximate surface area is 70.7 Å². The summed E-state index contributed by atoms with van der Waals surface area (Å²) in [5, 5.41) is 0. The average Bonchev–Trinajstić information content (AvgIpc) is 2.05. The van der Waals surface area contributed by atoms with Crippen LogP contribution in [0.4, 0.5) is 0 Å². The van der Waals surface area contributed by atoms with E-state index in [1.165, 1.54) is 25.7 Å². The van der Waals surface area contributed by atoms with Gasteiger partial charge >= 0.3 is 0 Å². The van der Waals surface area contributed by atoms with Crippen molar-refractivity contribution < 1.29 is 0 Å². The minimum atomic E-state index is 0.930. The van der Waals surface area contributed by atoms with E-state index in [1.807, 2.05) is 0 Å². The van der Waals surface area contributed by atoms with E-state index in [1.54, 1.807) is 5.57 Å². The van der Waals surface area contributed by atoms with Gasteiger partial charge in [0.1, 0.15) is 0 Å². The first-order valence-electron chi connectivity index (χ1n) is 4.89. The molecule has 0 fully saturated rings. The standard InChI is InChI=1S/C11H20/c1-4-10(3)11-7-5-9(2)6-8-11/h5,10-11H,4,6-8H2,1-3H3/t10-,11-/m0/s1. The van der Waals surface area contributed by atoms with E-state index < -0.39 is 0 Å². The molecule has 0 aromatic rings. The maximum absolute atomic E-state index is 2.43. The lowest BCUT2D eigenvalue weighted by Gasteiger charge is -2.25. The third kappa shape index (κ3) is 2.36. The SMILES string of the molecule is CC[C@H](C)[C@H]1CC=C(C)CC1. The van der Waals surface area contributed by atoms with Crippen molar-refractivity contribution in [3.63, 3.8) is 0 Å². The minimum Gasteiger partial charge on any atom is -0.0853 e. The molecule has 0 spiro atoms. The normalized spacial score (nSPS) is 27.9. The number of hydrogen-bond acceptors (Lipinski definition) is 0. The molecule has 0 heterocycles. The van der Waals surface area contributed by atoms with Crippen molar-refractivity contribution in [2.75, 3.05) is 0 Å². The van der Waals surface area contributed by atoms with Gasteiger partial charge in [-0.1, -0.05) is 31.9 Å². The third-order valence-corrected chi connectivity index (χ3v) is 3.13. The molecule has 0 N–H and O–H groups in total. The largest absolute Gasteiger partial charge is 0.0853 e. The first-order chi connectivity index (χ1) is 5.24. The highest BCUT2D eigenvalue weighted by molar-refractivity contribution is 5.03. The first kappa shape index (κ1) is 8.83. The van der Waals surface area contributed by atoms with Gasteiger partial charge in [-0.05, 0) is 38.0 Å². The molecule has 0 aliphatic heterocycles. The second kappa shape index (κ2) is 3.94. The summed E-state index contributed by atoms with van der Waals surface area (Å²) in [6.07, 6.45) is 7.88. The molecular weight excluding hydrogens is 132 g/mol. The molecule has 0 nitrogen and oxygen atoms in total. The maximum atomic E-state index is 2.43. The summed E-state index contributed by atoms with van der Waals surface area (Å²) in [7, 11) is 0. The van der Waals surface area contributed by atoms with Crippen LogP contribution in [-0.4, -0.2) is 0 Å². The highest BCUT2D eigenvalue weighted by Gasteiger charge is 2.17. The molecule has 1 aliphatic carbocycles. The Hall–Kier alpha value is -0.260. The lowest BCUT2D eigenvalue weighted by atomic mass is 9.81. The summed E-state index contributed by atoms with van der Waals surface area (Å²) in [4.78, 5) is 0. The van der Waals surface area contributed by atoms with Crippen LogP contribution in [0.5, 0.6) is 0 Å². The van der Waals surface area contributed by atoms with Crippen molar-refractivity contribution in [3.05, 3.63) is 11.6 Å².